The van der Waals surface area contributed by atoms with E-state index >= 15 is 0 Å². The molecule has 3 heteroatoms. The minimum Gasteiger partial charge on any atom is -0.370 e. The van der Waals surface area contributed by atoms with Gasteiger partial charge in [0, 0.05) is 12.1 Å². The van der Waals surface area contributed by atoms with Gasteiger partial charge in [0.05, 0.1) is 0 Å². The lowest BCUT2D eigenvalue weighted by atomic mass is 9.64. The molecule has 2 saturated heterocycles. The summed E-state index contributed by atoms with van der Waals surface area (Å²) in [5, 5.41) is 7.57. The number of nitrogens with one attached hydrogen (secondary N) is 1. The molecule has 4 fully saturated rings. The van der Waals surface area contributed by atoms with E-state index in [1.54, 1.807) is 0 Å². The molecule has 0 spiro atoms. The van der Waals surface area contributed by atoms with Crippen molar-refractivity contribution in [1.82, 2.24) is 4.90 Å². The van der Waals surface area contributed by atoms with Gasteiger partial charge in [0.15, 0.2) is 5.96 Å². The van der Waals surface area contributed by atoms with Crippen LogP contribution in [0.5, 0.6) is 0 Å². The molecule has 3 nitrogen and oxygen atoms in total. The zero-order valence-electron chi connectivity index (χ0n) is 7.87. The Bertz CT molecular complexity index is 221. The van der Waals surface area contributed by atoms with E-state index in [1.165, 1.54) is 32.1 Å². The van der Waals surface area contributed by atoms with Crippen LogP contribution in [0.4, 0.5) is 0 Å². The van der Waals surface area contributed by atoms with E-state index in [0.717, 1.165) is 11.8 Å². The van der Waals surface area contributed by atoms with E-state index in [4.69, 9.17) is 11.1 Å². The van der Waals surface area contributed by atoms with Crippen LogP contribution in [0.2, 0.25) is 0 Å². The van der Waals surface area contributed by atoms with Crippen LogP contribution in [0.15, 0.2) is 0 Å². The molecule has 13 heavy (non-hydrogen) atoms. The number of hydrogen-bond donors (Lipinski definition) is 2. The Labute approximate surface area is 78.8 Å². The Balaban J connectivity index is 1.89. The lowest BCUT2D eigenvalue weighted by molar-refractivity contribution is -0.0172. The summed E-state index contributed by atoms with van der Waals surface area (Å²) >= 11 is 0. The second kappa shape index (κ2) is 2.40. The fourth-order valence-electron chi connectivity index (χ4n) is 3.93. The van der Waals surface area contributed by atoms with Gasteiger partial charge in [-0.25, -0.2) is 0 Å². The van der Waals surface area contributed by atoms with Crippen molar-refractivity contribution < 1.29 is 0 Å². The van der Waals surface area contributed by atoms with Crippen molar-refractivity contribution in [2.75, 3.05) is 0 Å². The summed E-state index contributed by atoms with van der Waals surface area (Å²) in [6.45, 7) is 0. The van der Waals surface area contributed by atoms with Crippen molar-refractivity contribution >= 4 is 5.96 Å². The molecule has 0 radical (unpaired) electrons. The standard InChI is InChI=1S/C10H17N3/c11-10(12)13-8-2-6-1-7(4-8)5-9(13)3-6/h6-9H,1-5H2,(H3,11,12). The van der Waals surface area contributed by atoms with E-state index in [-0.39, 0.29) is 0 Å². The van der Waals surface area contributed by atoms with E-state index < -0.39 is 0 Å². The third kappa shape index (κ3) is 0.990. The van der Waals surface area contributed by atoms with Gasteiger partial charge >= 0.3 is 0 Å². The van der Waals surface area contributed by atoms with Crippen LogP contribution in [-0.2, 0) is 0 Å². The van der Waals surface area contributed by atoms with Crippen LogP contribution in [0.1, 0.15) is 32.1 Å². The van der Waals surface area contributed by atoms with Crippen LogP contribution in [0, 0.1) is 17.2 Å². The molecule has 0 aromatic carbocycles. The van der Waals surface area contributed by atoms with Gasteiger partial charge in [0.25, 0.3) is 0 Å². The third-order valence-corrected chi connectivity index (χ3v) is 4.15. The molecule has 72 valence electrons. The Kier molecular flexibility index (Phi) is 1.41. The van der Waals surface area contributed by atoms with Crippen molar-refractivity contribution in [2.45, 2.75) is 44.2 Å². The average Bonchev–Trinajstić information content (AvgIpc) is 2.00. The average molecular weight is 179 g/mol. The van der Waals surface area contributed by atoms with Gasteiger partial charge in [0.1, 0.15) is 0 Å². The van der Waals surface area contributed by atoms with Crippen LogP contribution >= 0.6 is 0 Å². The summed E-state index contributed by atoms with van der Waals surface area (Å²) in [7, 11) is 0. The zero-order valence-corrected chi connectivity index (χ0v) is 7.87. The number of guanidine groups is 1. The van der Waals surface area contributed by atoms with E-state index in [0.29, 0.717) is 18.0 Å². The van der Waals surface area contributed by atoms with Gasteiger partial charge in [0.2, 0.25) is 0 Å². The molecule has 4 rings (SSSR count). The van der Waals surface area contributed by atoms with Gasteiger partial charge in [-0.1, -0.05) is 0 Å². The minimum absolute atomic E-state index is 0.314. The first-order valence-electron chi connectivity index (χ1n) is 5.36. The Hall–Kier alpha value is -0.730. The summed E-state index contributed by atoms with van der Waals surface area (Å²) in [5.74, 6) is 2.23. The number of nitrogens with two attached hydrogens (primary N) is 1. The number of piperidine rings is 2. The first-order valence-corrected chi connectivity index (χ1v) is 5.36. The van der Waals surface area contributed by atoms with Crippen LogP contribution < -0.4 is 5.73 Å². The van der Waals surface area contributed by atoms with E-state index in [1.807, 2.05) is 0 Å². The molecule has 0 unspecified atom stereocenters. The molecular weight excluding hydrogens is 162 g/mol. The topological polar surface area (TPSA) is 53.1 Å². The molecule has 4 aliphatic rings. The van der Waals surface area contributed by atoms with Gasteiger partial charge in [-0.3, -0.25) is 5.41 Å². The molecule has 3 N–H and O–H groups in total. The van der Waals surface area contributed by atoms with Crippen LogP contribution in [0.25, 0.3) is 0 Å². The second-order valence-corrected chi connectivity index (χ2v) is 5.01. The van der Waals surface area contributed by atoms with E-state index in [9.17, 15) is 0 Å². The highest BCUT2D eigenvalue weighted by molar-refractivity contribution is 5.75. The SMILES string of the molecule is N=C(N)N1C2CC3CC(C2)CC1C3. The zero-order chi connectivity index (χ0) is 9.00. The van der Waals surface area contributed by atoms with Crippen molar-refractivity contribution in [3.63, 3.8) is 0 Å². The van der Waals surface area contributed by atoms with Crippen molar-refractivity contribution in [3.05, 3.63) is 0 Å². The summed E-state index contributed by atoms with van der Waals surface area (Å²) in [6.07, 6.45) is 6.65. The van der Waals surface area contributed by atoms with Crippen LogP contribution in [-0.4, -0.2) is 22.9 Å². The van der Waals surface area contributed by atoms with Gasteiger partial charge in [-0.05, 0) is 43.9 Å². The molecule has 0 aromatic heterocycles. The Morgan fingerprint density at radius 2 is 1.46 bits per heavy atom. The number of rotatable bonds is 0. The molecule has 2 aliphatic carbocycles. The highest BCUT2D eigenvalue weighted by atomic mass is 15.3. The smallest absolute Gasteiger partial charge is 0.188 e. The summed E-state index contributed by atoms with van der Waals surface area (Å²) in [6, 6.07) is 1.24. The maximum absolute atomic E-state index is 7.57. The molecule has 0 atom stereocenters. The maximum Gasteiger partial charge on any atom is 0.188 e. The van der Waals surface area contributed by atoms with Gasteiger partial charge < -0.3 is 10.6 Å². The fourth-order valence-corrected chi connectivity index (χ4v) is 3.93. The summed E-state index contributed by atoms with van der Waals surface area (Å²) in [4.78, 5) is 2.19. The molecular formula is C10H17N3. The van der Waals surface area contributed by atoms with Gasteiger partial charge in [-0.2, -0.15) is 0 Å². The predicted molar refractivity (Wildman–Crippen MR) is 51.4 cm³/mol. The monoisotopic (exact) mass is 179 g/mol. The first kappa shape index (κ1) is 7.65. The summed E-state index contributed by atoms with van der Waals surface area (Å²) in [5.41, 5.74) is 5.63. The first-order chi connectivity index (χ1) is 6.24. The Morgan fingerprint density at radius 1 is 1.00 bits per heavy atom. The minimum atomic E-state index is 0.314. The quantitative estimate of drug-likeness (QED) is 0.433. The second-order valence-electron chi connectivity index (χ2n) is 5.01. The highest BCUT2D eigenvalue weighted by Crippen LogP contribution is 2.48. The van der Waals surface area contributed by atoms with Crippen LogP contribution in [0.3, 0.4) is 0 Å². The van der Waals surface area contributed by atoms with Crippen molar-refractivity contribution in [2.24, 2.45) is 17.6 Å². The van der Waals surface area contributed by atoms with Crippen molar-refractivity contribution in [3.8, 4) is 0 Å². The predicted octanol–water partition coefficient (Wildman–Crippen LogP) is 1.14. The lowest BCUT2D eigenvalue weighted by Crippen LogP contribution is -2.61. The summed E-state index contributed by atoms with van der Waals surface area (Å²) < 4.78 is 0. The number of nitrogens with zero attached hydrogens (tertiary/aromatic N) is 1. The third-order valence-electron chi connectivity index (χ3n) is 4.15. The molecule has 2 aliphatic heterocycles. The lowest BCUT2D eigenvalue weighted by Gasteiger charge is -2.56. The maximum atomic E-state index is 7.57. The molecule has 0 amide bonds. The molecule has 0 aromatic rings. The molecule has 4 bridgehead atoms. The molecule has 2 saturated carbocycles. The number of hydrogen-bond acceptors (Lipinski definition) is 1. The highest BCUT2D eigenvalue weighted by Gasteiger charge is 2.47. The van der Waals surface area contributed by atoms with Crippen molar-refractivity contribution in [1.29, 1.82) is 5.41 Å². The van der Waals surface area contributed by atoms with E-state index in [2.05, 4.69) is 4.90 Å². The normalized spacial score (nSPS) is 46.9. The Morgan fingerprint density at radius 3 is 1.85 bits per heavy atom. The largest absolute Gasteiger partial charge is 0.370 e. The molecule has 2 heterocycles. The fraction of sp³-hybridized carbons (Fsp3) is 0.900. The van der Waals surface area contributed by atoms with Gasteiger partial charge in [-0.15, -0.1) is 0 Å².